The van der Waals surface area contributed by atoms with E-state index in [2.05, 4.69) is 10.2 Å². The lowest BCUT2D eigenvalue weighted by Crippen LogP contribution is -2.49. The Bertz CT molecular complexity index is 963. The van der Waals surface area contributed by atoms with Crippen molar-refractivity contribution in [3.05, 3.63) is 52.9 Å². The molecule has 1 fully saturated rings. The number of nitrogens with zero attached hydrogens (tertiary/aromatic N) is 4. The summed E-state index contributed by atoms with van der Waals surface area (Å²) in [7, 11) is 0. The monoisotopic (exact) mass is 424 g/mol. The summed E-state index contributed by atoms with van der Waals surface area (Å²) in [4.78, 5) is 17.2. The third-order valence-corrected chi connectivity index (χ3v) is 6.47. The van der Waals surface area contributed by atoms with E-state index in [1.54, 1.807) is 11.3 Å². The van der Waals surface area contributed by atoms with Gasteiger partial charge in [0.1, 0.15) is 0 Å². The minimum Gasteiger partial charge on any atom is -0.343 e. The van der Waals surface area contributed by atoms with Crippen molar-refractivity contribution in [3.8, 4) is 9.88 Å². The van der Waals surface area contributed by atoms with Gasteiger partial charge >= 0.3 is 6.18 Å². The fourth-order valence-corrected chi connectivity index (χ4v) is 4.72. The smallest absolute Gasteiger partial charge is 0.343 e. The summed E-state index contributed by atoms with van der Waals surface area (Å²) < 4.78 is 39.6. The molecule has 0 bridgehead atoms. The van der Waals surface area contributed by atoms with Crippen LogP contribution in [0.25, 0.3) is 9.88 Å². The zero-order valence-corrected chi connectivity index (χ0v) is 16.2. The molecule has 0 saturated carbocycles. The topological polar surface area (TPSA) is 49.3 Å². The molecule has 0 aliphatic carbocycles. The van der Waals surface area contributed by atoms with E-state index in [1.165, 1.54) is 34.4 Å². The number of benzene rings is 1. The van der Waals surface area contributed by atoms with Crippen molar-refractivity contribution in [3.63, 3.8) is 0 Å². The zero-order valence-electron chi connectivity index (χ0n) is 14.5. The molecule has 2 aromatic heterocycles. The van der Waals surface area contributed by atoms with Crippen LogP contribution in [0.2, 0.25) is 0 Å². The highest BCUT2D eigenvalue weighted by molar-refractivity contribution is 7.22. The predicted molar refractivity (Wildman–Crippen MR) is 103 cm³/mol. The molecule has 28 heavy (non-hydrogen) atoms. The van der Waals surface area contributed by atoms with Crippen LogP contribution in [0.15, 0.2) is 41.8 Å². The normalized spacial score (nSPS) is 15.1. The summed E-state index contributed by atoms with van der Waals surface area (Å²) in [5.74, 6) is -0.593. The molecule has 1 saturated heterocycles. The third kappa shape index (κ3) is 3.74. The van der Waals surface area contributed by atoms with E-state index in [0.717, 1.165) is 21.1 Å². The summed E-state index contributed by atoms with van der Waals surface area (Å²) in [5.41, 5.74) is -1.20. The van der Waals surface area contributed by atoms with Crippen LogP contribution in [0.1, 0.15) is 15.9 Å². The maximum Gasteiger partial charge on any atom is 0.417 e. The molecular weight excluding hydrogens is 409 g/mol. The van der Waals surface area contributed by atoms with Crippen LogP contribution in [-0.4, -0.2) is 47.2 Å². The number of halogens is 3. The molecule has 5 nitrogen and oxygen atoms in total. The van der Waals surface area contributed by atoms with Crippen LogP contribution >= 0.6 is 22.7 Å². The number of amides is 1. The van der Waals surface area contributed by atoms with Crippen molar-refractivity contribution < 1.29 is 18.0 Å². The first-order valence-corrected chi connectivity index (χ1v) is 10.2. The second kappa shape index (κ2) is 7.51. The van der Waals surface area contributed by atoms with Crippen LogP contribution in [-0.2, 0) is 6.18 Å². The Labute approximate surface area is 167 Å². The Morgan fingerprint density at radius 2 is 1.75 bits per heavy atom. The van der Waals surface area contributed by atoms with Crippen molar-refractivity contribution in [2.24, 2.45) is 0 Å². The maximum absolute atomic E-state index is 13.2. The molecule has 1 aromatic carbocycles. The van der Waals surface area contributed by atoms with E-state index in [1.807, 2.05) is 22.4 Å². The molecule has 1 aliphatic rings. The molecule has 4 rings (SSSR count). The van der Waals surface area contributed by atoms with Gasteiger partial charge in [-0.25, -0.2) is 0 Å². The average Bonchev–Trinajstić information content (AvgIpc) is 3.38. The first kappa shape index (κ1) is 18.9. The van der Waals surface area contributed by atoms with Gasteiger partial charge in [-0.2, -0.15) is 13.2 Å². The molecule has 0 radical (unpaired) electrons. The molecule has 0 unspecified atom stereocenters. The molecule has 10 heteroatoms. The Morgan fingerprint density at radius 1 is 1.00 bits per heavy atom. The molecule has 0 N–H and O–H groups in total. The molecule has 3 aromatic rings. The van der Waals surface area contributed by atoms with Crippen molar-refractivity contribution in [2.45, 2.75) is 6.18 Å². The lowest BCUT2D eigenvalue weighted by Gasteiger charge is -2.34. The summed E-state index contributed by atoms with van der Waals surface area (Å²) in [5, 5.41) is 12.0. The van der Waals surface area contributed by atoms with Crippen LogP contribution in [0, 0.1) is 0 Å². The summed E-state index contributed by atoms with van der Waals surface area (Å²) >= 11 is 3.06. The standard InChI is InChI=1S/C18H15F3N4OS2/c19-18(20,21)13-5-2-1-4-12(13)16(26)24-7-9-25(10-8-24)17-23-22-15(28-17)14-6-3-11-27-14/h1-6,11H,7-10H2. The molecule has 3 heterocycles. The van der Waals surface area contributed by atoms with Crippen LogP contribution in [0.5, 0.6) is 0 Å². The van der Waals surface area contributed by atoms with Gasteiger partial charge in [-0.1, -0.05) is 29.5 Å². The Balaban J connectivity index is 1.44. The number of carbonyl (C=O) groups excluding carboxylic acids is 1. The van der Waals surface area contributed by atoms with Gasteiger partial charge < -0.3 is 9.80 Å². The number of rotatable bonds is 3. The van der Waals surface area contributed by atoms with E-state index < -0.39 is 17.6 Å². The molecular formula is C18H15F3N4OS2. The third-order valence-electron chi connectivity index (χ3n) is 4.45. The highest BCUT2D eigenvalue weighted by Gasteiger charge is 2.36. The van der Waals surface area contributed by atoms with Gasteiger partial charge in [0.25, 0.3) is 5.91 Å². The number of anilines is 1. The quantitative estimate of drug-likeness (QED) is 0.631. The zero-order chi connectivity index (χ0) is 19.7. The number of thiophene rings is 1. The van der Waals surface area contributed by atoms with Gasteiger partial charge in [-0.3, -0.25) is 4.79 Å². The van der Waals surface area contributed by atoms with Crippen LogP contribution in [0.4, 0.5) is 18.3 Å². The lowest BCUT2D eigenvalue weighted by molar-refractivity contribution is -0.138. The largest absolute Gasteiger partial charge is 0.417 e. The molecule has 1 amide bonds. The minimum absolute atomic E-state index is 0.306. The van der Waals surface area contributed by atoms with Crippen molar-refractivity contribution in [1.29, 1.82) is 0 Å². The van der Waals surface area contributed by atoms with Crippen LogP contribution in [0.3, 0.4) is 0 Å². The Hall–Kier alpha value is -2.46. The Morgan fingerprint density at radius 3 is 2.43 bits per heavy atom. The first-order valence-electron chi connectivity index (χ1n) is 8.51. The maximum atomic E-state index is 13.2. The number of hydrogen-bond acceptors (Lipinski definition) is 6. The number of carbonyl (C=O) groups is 1. The highest BCUT2D eigenvalue weighted by Crippen LogP contribution is 2.34. The van der Waals surface area contributed by atoms with E-state index in [0.29, 0.717) is 26.2 Å². The lowest BCUT2D eigenvalue weighted by atomic mass is 10.1. The fraction of sp³-hybridized carbons (Fsp3) is 0.278. The highest BCUT2D eigenvalue weighted by atomic mass is 32.1. The number of piperazine rings is 1. The van der Waals surface area contributed by atoms with Crippen molar-refractivity contribution >= 4 is 33.7 Å². The summed E-state index contributed by atoms with van der Waals surface area (Å²) in [6.45, 7) is 1.66. The summed E-state index contributed by atoms with van der Waals surface area (Å²) in [6.07, 6.45) is -4.56. The second-order valence-corrected chi connectivity index (χ2v) is 8.09. The van der Waals surface area contributed by atoms with Crippen molar-refractivity contribution in [1.82, 2.24) is 15.1 Å². The summed E-state index contributed by atoms with van der Waals surface area (Å²) in [6, 6.07) is 8.84. The first-order chi connectivity index (χ1) is 13.4. The van der Waals surface area contributed by atoms with Gasteiger partial charge in [-0.05, 0) is 23.6 Å². The predicted octanol–water partition coefficient (Wildman–Crippen LogP) is 4.25. The van der Waals surface area contributed by atoms with Gasteiger partial charge in [0.15, 0.2) is 5.01 Å². The van der Waals surface area contributed by atoms with E-state index in [9.17, 15) is 18.0 Å². The van der Waals surface area contributed by atoms with Gasteiger partial charge in [0, 0.05) is 26.2 Å². The molecule has 146 valence electrons. The van der Waals surface area contributed by atoms with E-state index in [4.69, 9.17) is 0 Å². The average molecular weight is 424 g/mol. The van der Waals surface area contributed by atoms with Gasteiger partial charge in [0.2, 0.25) is 5.13 Å². The number of alkyl halides is 3. The van der Waals surface area contributed by atoms with Gasteiger partial charge in [0.05, 0.1) is 16.0 Å². The Kier molecular flexibility index (Phi) is 5.07. The van der Waals surface area contributed by atoms with Gasteiger partial charge in [-0.15, -0.1) is 21.5 Å². The van der Waals surface area contributed by atoms with Crippen LogP contribution < -0.4 is 4.90 Å². The van der Waals surface area contributed by atoms with E-state index in [-0.39, 0.29) is 5.56 Å². The second-order valence-electron chi connectivity index (χ2n) is 6.19. The number of aromatic nitrogens is 2. The number of hydrogen-bond donors (Lipinski definition) is 0. The fourth-order valence-electron chi connectivity index (χ4n) is 3.03. The molecule has 0 spiro atoms. The van der Waals surface area contributed by atoms with E-state index >= 15 is 0 Å². The molecule has 0 atom stereocenters. The molecule has 1 aliphatic heterocycles. The van der Waals surface area contributed by atoms with Crippen molar-refractivity contribution in [2.75, 3.05) is 31.1 Å². The minimum atomic E-state index is -4.56. The SMILES string of the molecule is O=C(c1ccccc1C(F)(F)F)N1CCN(c2nnc(-c3cccs3)s2)CC1.